The molecule has 0 bridgehead atoms. The molecule has 0 saturated carbocycles. The molecule has 0 amide bonds. The molecule has 44 valence electrons. The third-order valence-electron chi connectivity index (χ3n) is 0.936. The molecule has 1 rings (SSSR count). The third-order valence-corrected chi connectivity index (χ3v) is 1.26. The predicted octanol–water partition coefficient (Wildman–Crippen LogP) is 0.961. The van der Waals surface area contributed by atoms with Crippen LogP contribution in [-0.2, 0) is 6.54 Å². The Hall–Kier alpha value is -0.640. The standard InChI is InChI=1S/C4H7N3S/c1-2-7-4(8)3-5-6-7/h3,6H,2H2,1H3. The van der Waals surface area contributed by atoms with Gasteiger partial charge in [0.05, 0.1) is 6.20 Å². The van der Waals surface area contributed by atoms with E-state index in [-0.39, 0.29) is 0 Å². The van der Waals surface area contributed by atoms with E-state index in [4.69, 9.17) is 12.2 Å². The minimum absolute atomic E-state index is 0.757. The van der Waals surface area contributed by atoms with E-state index in [0.717, 1.165) is 11.2 Å². The number of rotatable bonds is 1. The number of hydrogen-bond donors (Lipinski definition) is 1. The number of aromatic amines is 1. The molecule has 0 fully saturated rings. The van der Waals surface area contributed by atoms with Crippen molar-refractivity contribution in [1.29, 1.82) is 0 Å². The quantitative estimate of drug-likeness (QED) is 0.573. The summed E-state index contributed by atoms with van der Waals surface area (Å²) >= 11 is 4.85. The van der Waals surface area contributed by atoms with Crippen LogP contribution in [-0.4, -0.2) is 15.0 Å². The topological polar surface area (TPSA) is 33.6 Å². The zero-order chi connectivity index (χ0) is 5.98. The van der Waals surface area contributed by atoms with E-state index in [9.17, 15) is 0 Å². The Labute approximate surface area is 52.3 Å². The summed E-state index contributed by atoms with van der Waals surface area (Å²) in [6.45, 7) is 2.87. The summed E-state index contributed by atoms with van der Waals surface area (Å²) in [7, 11) is 0. The van der Waals surface area contributed by atoms with Gasteiger partial charge in [-0.2, -0.15) is 5.10 Å². The number of aryl methyl sites for hydroxylation is 1. The molecule has 0 atom stereocenters. The van der Waals surface area contributed by atoms with Crippen molar-refractivity contribution in [2.45, 2.75) is 13.5 Å². The van der Waals surface area contributed by atoms with Gasteiger partial charge in [0.1, 0.15) is 4.64 Å². The van der Waals surface area contributed by atoms with Gasteiger partial charge in [-0.3, -0.25) is 4.68 Å². The van der Waals surface area contributed by atoms with Gasteiger partial charge in [0, 0.05) is 6.54 Å². The Kier molecular flexibility index (Phi) is 1.43. The first-order valence-electron chi connectivity index (χ1n) is 2.45. The summed E-state index contributed by atoms with van der Waals surface area (Å²) in [5.41, 5.74) is 0. The molecule has 8 heavy (non-hydrogen) atoms. The maximum Gasteiger partial charge on any atom is 0.142 e. The van der Waals surface area contributed by atoms with Crippen LogP contribution < -0.4 is 0 Å². The molecule has 1 N–H and O–H groups in total. The van der Waals surface area contributed by atoms with Crippen molar-refractivity contribution in [2.75, 3.05) is 0 Å². The highest BCUT2D eigenvalue weighted by Gasteiger charge is 1.84. The Morgan fingerprint density at radius 2 is 2.75 bits per heavy atom. The molecule has 0 unspecified atom stereocenters. The first-order valence-corrected chi connectivity index (χ1v) is 2.85. The van der Waals surface area contributed by atoms with Crippen LogP contribution in [0.5, 0.6) is 0 Å². The van der Waals surface area contributed by atoms with Crippen LogP contribution in [0.25, 0.3) is 0 Å². The van der Waals surface area contributed by atoms with Crippen LogP contribution >= 0.6 is 12.2 Å². The lowest BCUT2D eigenvalue weighted by Crippen LogP contribution is -1.95. The number of H-pyrrole nitrogens is 1. The van der Waals surface area contributed by atoms with Gasteiger partial charge in [-0.05, 0) is 6.92 Å². The number of nitrogens with one attached hydrogen (secondary N) is 1. The molecule has 0 aliphatic carbocycles. The van der Waals surface area contributed by atoms with Gasteiger partial charge in [0.15, 0.2) is 0 Å². The lowest BCUT2D eigenvalue weighted by molar-refractivity contribution is 0.620. The SMILES string of the molecule is CCn1[nH]ncc1=S. The summed E-state index contributed by atoms with van der Waals surface area (Å²) in [5, 5.41) is 6.44. The van der Waals surface area contributed by atoms with Gasteiger partial charge in [-0.1, -0.05) is 12.2 Å². The molecule has 1 aromatic heterocycles. The van der Waals surface area contributed by atoms with E-state index < -0.39 is 0 Å². The number of nitrogens with zero attached hydrogens (tertiary/aromatic N) is 2. The van der Waals surface area contributed by atoms with E-state index >= 15 is 0 Å². The summed E-state index contributed by atoms with van der Waals surface area (Å²) in [4.78, 5) is 0. The smallest absolute Gasteiger partial charge is 0.142 e. The van der Waals surface area contributed by atoms with Crippen molar-refractivity contribution in [2.24, 2.45) is 0 Å². The molecular formula is C4H7N3S. The van der Waals surface area contributed by atoms with Crippen LogP contribution in [0.1, 0.15) is 6.92 Å². The fraction of sp³-hybridized carbons (Fsp3) is 0.500. The molecule has 0 spiro atoms. The summed E-state index contributed by atoms with van der Waals surface area (Å²) in [6.07, 6.45) is 1.62. The average molecular weight is 129 g/mol. The molecule has 3 nitrogen and oxygen atoms in total. The van der Waals surface area contributed by atoms with Crippen molar-refractivity contribution < 1.29 is 0 Å². The minimum Gasteiger partial charge on any atom is -0.260 e. The zero-order valence-corrected chi connectivity index (χ0v) is 5.40. The summed E-state index contributed by atoms with van der Waals surface area (Å²) in [6, 6.07) is 0. The maximum atomic E-state index is 4.85. The second kappa shape index (κ2) is 2.09. The highest BCUT2D eigenvalue weighted by atomic mass is 32.1. The normalized spacial score (nSPS) is 9.62. The Morgan fingerprint density at radius 3 is 3.00 bits per heavy atom. The van der Waals surface area contributed by atoms with Crippen molar-refractivity contribution in [3.8, 4) is 0 Å². The predicted molar refractivity (Wildman–Crippen MR) is 33.1 cm³/mol. The fourth-order valence-electron chi connectivity index (χ4n) is 0.499. The van der Waals surface area contributed by atoms with Crippen LogP contribution in [0, 0.1) is 4.64 Å². The van der Waals surface area contributed by atoms with E-state index in [1.807, 2.05) is 6.92 Å². The van der Waals surface area contributed by atoms with Crippen molar-refractivity contribution in [3.63, 3.8) is 0 Å². The van der Waals surface area contributed by atoms with Crippen molar-refractivity contribution in [1.82, 2.24) is 15.0 Å². The molecule has 0 aliphatic rings. The Balaban J connectivity index is 3.11. The highest BCUT2D eigenvalue weighted by Crippen LogP contribution is 1.83. The first kappa shape index (κ1) is 5.50. The molecular weight excluding hydrogens is 122 g/mol. The molecule has 1 heterocycles. The van der Waals surface area contributed by atoms with Crippen LogP contribution in [0.15, 0.2) is 6.20 Å². The molecule has 1 aromatic rings. The highest BCUT2D eigenvalue weighted by molar-refractivity contribution is 7.71. The minimum atomic E-state index is 0.757. The van der Waals surface area contributed by atoms with Gasteiger partial charge < -0.3 is 0 Å². The van der Waals surface area contributed by atoms with Crippen molar-refractivity contribution >= 4 is 12.2 Å². The van der Waals surface area contributed by atoms with Gasteiger partial charge in [0.25, 0.3) is 0 Å². The van der Waals surface area contributed by atoms with Gasteiger partial charge >= 0.3 is 0 Å². The molecule has 0 aliphatic heterocycles. The second-order valence-corrected chi connectivity index (χ2v) is 1.86. The second-order valence-electron chi connectivity index (χ2n) is 1.44. The molecule has 4 heteroatoms. The fourth-order valence-corrected chi connectivity index (χ4v) is 0.722. The van der Waals surface area contributed by atoms with Crippen LogP contribution in [0.2, 0.25) is 0 Å². The Morgan fingerprint density at radius 1 is 2.00 bits per heavy atom. The summed E-state index contributed by atoms with van der Waals surface area (Å²) < 4.78 is 2.54. The lowest BCUT2D eigenvalue weighted by Gasteiger charge is -1.89. The van der Waals surface area contributed by atoms with Gasteiger partial charge in [-0.25, -0.2) is 5.21 Å². The van der Waals surface area contributed by atoms with Crippen LogP contribution in [0.3, 0.4) is 0 Å². The maximum absolute atomic E-state index is 4.85. The van der Waals surface area contributed by atoms with E-state index in [1.165, 1.54) is 0 Å². The first-order chi connectivity index (χ1) is 3.84. The van der Waals surface area contributed by atoms with Gasteiger partial charge in [0.2, 0.25) is 0 Å². The van der Waals surface area contributed by atoms with E-state index in [0.29, 0.717) is 0 Å². The zero-order valence-electron chi connectivity index (χ0n) is 4.59. The van der Waals surface area contributed by atoms with Gasteiger partial charge in [-0.15, -0.1) is 0 Å². The largest absolute Gasteiger partial charge is 0.260 e. The average Bonchev–Trinajstić information content (AvgIpc) is 2.14. The van der Waals surface area contributed by atoms with E-state index in [1.54, 1.807) is 10.9 Å². The number of aromatic nitrogens is 3. The monoisotopic (exact) mass is 129 g/mol. The third kappa shape index (κ3) is 0.790. The lowest BCUT2D eigenvalue weighted by atomic mass is 10.7. The summed E-state index contributed by atoms with van der Waals surface area (Å²) in [5.74, 6) is 0. The van der Waals surface area contributed by atoms with E-state index in [2.05, 4.69) is 10.3 Å². The molecule has 0 saturated heterocycles. The molecule has 0 aromatic carbocycles. The Bertz CT molecular complexity index is 211. The van der Waals surface area contributed by atoms with Crippen molar-refractivity contribution in [3.05, 3.63) is 10.8 Å². The van der Waals surface area contributed by atoms with Crippen LogP contribution in [0.4, 0.5) is 0 Å². The molecule has 0 radical (unpaired) electrons. The number of hydrogen-bond acceptors (Lipinski definition) is 2.